The van der Waals surface area contributed by atoms with Crippen molar-refractivity contribution in [2.45, 2.75) is 45.4 Å². The molecule has 2 aliphatic rings. The van der Waals surface area contributed by atoms with Gasteiger partial charge in [-0.1, -0.05) is 0 Å². The molecule has 1 aromatic rings. The Bertz CT molecular complexity index is 517. The van der Waals surface area contributed by atoms with E-state index < -0.39 is 0 Å². The van der Waals surface area contributed by atoms with Gasteiger partial charge in [-0.15, -0.1) is 0 Å². The Labute approximate surface area is 138 Å². The molecule has 0 amide bonds. The van der Waals surface area contributed by atoms with Gasteiger partial charge in [-0.25, -0.2) is 9.97 Å². The SMILES string of the molecule is COCc1nc(C)cc(N2CCC(N3CCOCC3C)CC2)n1. The number of piperidine rings is 1. The highest BCUT2D eigenvalue weighted by atomic mass is 16.5. The lowest BCUT2D eigenvalue weighted by Gasteiger charge is -2.43. The van der Waals surface area contributed by atoms with Crippen LogP contribution in [0.1, 0.15) is 31.3 Å². The van der Waals surface area contributed by atoms with Crippen LogP contribution in [0.5, 0.6) is 0 Å². The fourth-order valence-corrected chi connectivity index (χ4v) is 3.68. The van der Waals surface area contributed by atoms with Crippen molar-refractivity contribution in [3.8, 4) is 0 Å². The second-order valence-corrected chi connectivity index (χ2v) is 6.60. The Morgan fingerprint density at radius 2 is 2.04 bits per heavy atom. The number of nitrogens with zero attached hydrogens (tertiary/aromatic N) is 4. The highest BCUT2D eigenvalue weighted by Crippen LogP contribution is 2.24. The molecule has 0 aromatic carbocycles. The summed E-state index contributed by atoms with van der Waals surface area (Å²) in [7, 11) is 1.68. The first-order valence-electron chi connectivity index (χ1n) is 8.59. The molecular formula is C17H28N4O2. The molecule has 128 valence electrons. The van der Waals surface area contributed by atoms with Gasteiger partial charge in [0.2, 0.25) is 0 Å². The molecule has 0 N–H and O–H groups in total. The minimum Gasteiger partial charge on any atom is -0.379 e. The van der Waals surface area contributed by atoms with Crippen LogP contribution in [0.2, 0.25) is 0 Å². The van der Waals surface area contributed by atoms with Crippen molar-refractivity contribution in [2.24, 2.45) is 0 Å². The van der Waals surface area contributed by atoms with Crippen LogP contribution < -0.4 is 4.90 Å². The molecule has 1 unspecified atom stereocenters. The Balaban J connectivity index is 1.62. The van der Waals surface area contributed by atoms with Gasteiger partial charge >= 0.3 is 0 Å². The number of aromatic nitrogens is 2. The number of morpholine rings is 1. The maximum absolute atomic E-state index is 5.56. The van der Waals surface area contributed by atoms with Crippen LogP contribution in [-0.2, 0) is 16.1 Å². The zero-order valence-electron chi connectivity index (χ0n) is 14.5. The van der Waals surface area contributed by atoms with E-state index >= 15 is 0 Å². The lowest BCUT2D eigenvalue weighted by molar-refractivity contribution is -0.0265. The lowest BCUT2D eigenvalue weighted by atomic mass is 10.0. The van der Waals surface area contributed by atoms with E-state index in [1.54, 1.807) is 7.11 Å². The summed E-state index contributed by atoms with van der Waals surface area (Å²) in [5.74, 6) is 1.81. The summed E-state index contributed by atoms with van der Waals surface area (Å²) in [6.07, 6.45) is 2.38. The molecule has 23 heavy (non-hydrogen) atoms. The highest BCUT2D eigenvalue weighted by Gasteiger charge is 2.30. The summed E-state index contributed by atoms with van der Waals surface area (Å²) < 4.78 is 10.7. The largest absolute Gasteiger partial charge is 0.379 e. The van der Waals surface area contributed by atoms with Crippen LogP contribution in [0, 0.1) is 6.92 Å². The fourth-order valence-electron chi connectivity index (χ4n) is 3.68. The number of aryl methyl sites for hydroxylation is 1. The van der Waals surface area contributed by atoms with Crippen molar-refractivity contribution in [3.63, 3.8) is 0 Å². The van der Waals surface area contributed by atoms with Crippen molar-refractivity contribution in [2.75, 3.05) is 44.9 Å². The molecule has 0 radical (unpaired) electrons. The van der Waals surface area contributed by atoms with E-state index in [0.717, 1.165) is 50.2 Å². The number of hydrogen-bond acceptors (Lipinski definition) is 6. The molecule has 6 nitrogen and oxygen atoms in total. The van der Waals surface area contributed by atoms with Crippen molar-refractivity contribution in [1.82, 2.24) is 14.9 Å². The third-order valence-corrected chi connectivity index (χ3v) is 4.84. The Kier molecular flexibility index (Phi) is 5.46. The van der Waals surface area contributed by atoms with Crippen molar-refractivity contribution in [3.05, 3.63) is 17.6 Å². The molecule has 2 fully saturated rings. The predicted molar refractivity (Wildman–Crippen MR) is 89.7 cm³/mol. The van der Waals surface area contributed by atoms with Gasteiger partial charge < -0.3 is 14.4 Å². The number of methoxy groups -OCH3 is 1. The maximum Gasteiger partial charge on any atom is 0.156 e. The van der Waals surface area contributed by atoms with Gasteiger partial charge in [0, 0.05) is 50.6 Å². The van der Waals surface area contributed by atoms with Crippen LogP contribution in [-0.4, -0.2) is 66.9 Å². The third-order valence-electron chi connectivity index (χ3n) is 4.84. The summed E-state index contributed by atoms with van der Waals surface area (Å²) >= 11 is 0. The maximum atomic E-state index is 5.56. The molecule has 3 heterocycles. The Morgan fingerprint density at radius 3 is 2.74 bits per heavy atom. The van der Waals surface area contributed by atoms with E-state index in [9.17, 15) is 0 Å². The summed E-state index contributed by atoms with van der Waals surface area (Å²) in [6.45, 7) is 9.67. The molecule has 1 atom stereocenters. The van der Waals surface area contributed by atoms with Crippen LogP contribution in [0.15, 0.2) is 6.07 Å². The predicted octanol–water partition coefficient (Wildman–Crippen LogP) is 1.62. The molecule has 2 saturated heterocycles. The molecule has 2 aliphatic heterocycles. The second kappa shape index (κ2) is 7.55. The quantitative estimate of drug-likeness (QED) is 0.840. The third kappa shape index (κ3) is 4.00. The van der Waals surface area contributed by atoms with Gasteiger partial charge in [0.05, 0.1) is 13.2 Å². The fraction of sp³-hybridized carbons (Fsp3) is 0.765. The number of hydrogen-bond donors (Lipinski definition) is 0. The summed E-state index contributed by atoms with van der Waals surface area (Å²) in [4.78, 5) is 14.1. The van der Waals surface area contributed by atoms with E-state index in [0.29, 0.717) is 18.7 Å². The van der Waals surface area contributed by atoms with Gasteiger partial charge in [-0.05, 0) is 26.7 Å². The van der Waals surface area contributed by atoms with E-state index in [4.69, 9.17) is 9.47 Å². The van der Waals surface area contributed by atoms with Crippen LogP contribution in [0.4, 0.5) is 5.82 Å². The van der Waals surface area contributed by atoms with Crippen LogP contribution in [0.25, 0.3) is 0 Å². The smallest absolute Gasteiger partial charge is 0.156 e. The van der Waals surface area contributed by atoms with Crippen LogP contribution in [0.3, 0.4) is 0 Å². The standard InChI is InChI=1S/C17H28N4O2/c1-13-10-17(19-16(18-13)12-22-3)20-6-4-15(5-7-20)21-8-9-23-11-14(21)2/h10,14-15H,4-9,11-12H2,1-3H3. The number of ether oxygens (including phenoxy) is 2. The van der Waals surface area contributed by atoms with Gasteiger partial charge in [-0.2, -0.15) is 0 Å². The van der Waals surface area contributed by atoms with E-state index in [1.165, 1.54) is 12.8 Å². The summed E-state index contributed by atoms with van der Waals surface area (Å²) in [5.41, 5.74) is 1.01. The number of rotatable bonds is 4. The minimum absolute atomic E-state index is 0.469. The molecule has 1 aromatic heterocycles. The van der Waals surface area contributed by atoms with Crippen LogP contribution >= 0.6 is 0 Å². The Hall–Kier alpha value is -1.24. The number of anilines is 1. The van der Waals surface area contributed by atoms with Gasteiger partial charge in [0.15, 0.2) is 5.82 Å². The normalized spacial score (nSPS) is 24.1. The molecule has 0 saturated carbocycles. The average molecular weight is 320 g/mol. The zero-order valence-corrected chi connectivity index (χ0v) is 14.5. The summed E-state index contributed by atoms with van der Waals surface area (Å²) in [6, 6.07) is 3.29. The molecule has 0 aliphatic carbocycles. The van der Waals surface area contributed by atoms with Crippen molar-refractivity contribution in [1.29, 1.82) is 0 Å². The topological polar surface area (TPSA) is 50.7 Å². The minimum atomic E-state index is 0.469. The van der Waals surface area contributed by atoms with E-state index in [-0.39, 0.29) is 0 Å². The highest BCUT2D eigenvalue weighted by molar-refractivity contribution is 5.40. The monoisotopic (exact) mass is 320 g/mol. The van der Waals surface area contributed by atoms with E-state index in [1.807, 2.05) is 6.92 Å². The first-order valence-corrected chi connectivity index (χ1v) is 8.59. The van der Waals surface area contributed by atoms with Gasteiger partial charge in [0.25, 0.3) is 0 Å². The van der Waals surface area contributed by atoms with Gasteiger partial charge in [-0.3, -0.25) is 4.90 Å². The molecular weight excluding hydrogens is 292 g/mol. The first kappa shape index (κ1) is 16.6. The molecule has 3 rings (SSSR count). The van der Waals surface area contributed by atoms with Crippen molar-refractivity contribution >= 4 is 5.82 Å². The first-order chi connectivity index (χ1) is 11.2. The van der Waals surface area contributed by atoms with Crippen molar-refractivity contribution < 1.29 is 9.47 Å². The Morgan fingerprint density at radius 1 is 1.26 bits per heavy atom. The molecule has 0 spiro atoms. The molecule has 0 bridgehead atoms. The second-order valence-electron chi connectivity index (χ2n) is 6.60. The average Bonchev–Trinajstić information content (AvgIpc) is 2.55. The lowest BCUT2D eigenvalue weighted by Crippen LogP contribution is -2.53. The summed E-state index contributed by atoms with van der Waals surface area (Å²) in [5, 5.41) is 0. The van der Waals surface area contributed by atoms with E-state index in [2.05, 4.69) is 32.8 Å². The zero-order chi connectivity index (χ0) is 16.2. The molecule has 6 heteroatoms. The van der Waals surface area contributed by atoms with Gasteiger partial charge in [0.1, 0.15) is 12.4 Å².